The van der Waals surface area contributed by atoms with E-state index < -0.39 is 0 Å². The highest BCUT2D eigenvalue weighted by atomic mass is 16.5. The molecule has 3 nitrogen and oxygen atoms in total. The largest absolute Gasteiger partial charge is 0.508 e. The standard InChI is InChI=1S/C18H16O3/c1-12-2-9-16-17(20)10-14(11-18(16)21-12)4-3-13-5-7-15(19)8-6-13/h2-12,19-20H,1H3. The first kappa shape index (κ1) is 13.3. The Balaban J connectivity index is 1.90. The molecule has 3 heteroatoms. The topological polar surface area (TPSA) is 49.7 Å². The van der Waals surface area contributed by atoms with Crippen molar-refractivity contribution in [3.05, 3.63) is 59.2 Å². The minimum absolute atomic E-state index is 0.00762. The van der Waals surface area contributed by atoms with Gasteiger partial charge in [-0.2, -0.15) is 0 Å². The summed E-state index contributed by atoms with van der Waals surface area (Å²) >= 11 is 0. The second-order valence-electron chi connectivity index (χ2n) is 5.06. The van der Waals surface area contributed by atoms with Crippen LogP contribution in [0.15, 0.2) is 42.5 Å². The van der Waals surface area contributed by atoms with Crippen molar-refractivity contribution in [3.63, 3.8) is 0 Å². The molecule has 0 amide bonds. The molecular formula is C18H16O3. The Hall–Kier alpha value is -2.68. The summed E-state index contributed by atoms with van der Waals surface area (Å²) in [5.41, 5.74) is 2.55. The first-order valence-corrected chi connectivity index (χ1v) is 6.81. The van der Waals surface area contributed by atoms with Crippen LogP contribution in [0.25, 0.3) is 18.2 Å². The third-order valence-corrected chi connectivity index (χ3v) is 3.35. The molecule has 0 aliphatic carbocycles. The minimum atomic E-state index is 0.00762. The van der Waals surface area contributed by atoms with Gasteiger partial charge in [0.05, 0.1) is 5.56 Å². The highest BCUT2D eigenvalue weighted by Gasteiger charge is 2.14. The van der Waals surface area contributed by atoms with E-state index in [1.54, 1.807) is 18.2 Å². The molecule has 0 bridgehead atoms. The molecule has 2 N–H and O–H groups in total. The molecule has 2 aromatic carbocycles. The molecule has 3 rings (SSSR count). The number of hydrogen-bond acceptors (Lipinski definition) is 3. The molecule has 21 heavy (non-hydrogen) atoms. The number of fused-ring (bicyclic) bond motifs is 1. The Labute approximate surface area is 123 Å². The number of ether oxygens (including phenoxy) is 1. The molecule has 0 saturated heterocycles. The van der Waals surface area contributed by atoms with Crippen LogP contribution in [0, 0.1) is 0 Å². The SMILES string of the molecule is CC1C=Cc2c(O)cc(C=Cc3ccc(O)cc3)cc2O1. The summed E-state index contributed by atoms with van der Waals surface area (Å²) in [6, 6.07) is 10.5. The van der Waals surface area contributed by atoms with E-state index in [2.05, 4.69) is 0 Å². The van der Waals surface area contributed by atoms with Crippen molar-refractivity contribution in [2.24, 2.45) is 0 Å². The van der Waals surface area contributed by atoms with Gasteiger partial charge in [-0.15, -0.1) is 0 Å². The lowest BCUT2D eigenvalue weighted by atomic mass is 10.0. The number of benzene rings is 2. The first-order valence-electron chi connectivity index (χ1n) is 6.81. The zero-order valence-corrected chi connectivity index (χ0v) is 11.7. The molecule has 1 heterocycles. The Kier molecular flexibility index (Phi) is 3.40. The summed E-state index contributed by atoms with van der Waals surface area (Å²) in [4.78, 5) is 0. The van der Waals surface area contributed by atoms with Crippen molar-refractivity contribution in [1.82, 2.24) is 0 Å². The van der Waals surface area contributed by atoms with Crippen molar-refractivity contribution in [3.8, 4) is 17.2 Å². The van der Waals surface area contributed by atoms with Crippen LogP contribution in [0.2, 0.25) is 0 Å². The van der Waals surface area contributed by atoms with E-state index in [4.69, 9.17) is 4.74 Å². The van der Waals surface area contributed by atoms with Gasteiger partial charge in [0.2, 0.25) is 0 Å². The van der Waals surface area contributed by atoms with Crippen LogP contribution in [-0.2, 0) is 0 Å². The molecule has 0 aromatic heterocycles. The predicted molar refractivity (Wildman–Crippen MR) is 84.3 cm³/mol. The fourth-order valence-corrected chi connectivity index (χ4v) is 2.24. The second kappa shape index (κ2) is 5.37. The summed E-state index contributed by atoms with van der Waals surface area (Å²) in [6.45, 7) is 1.95. The highest BCUT2D eigenvalue weighted by Crippen LogP contribution is 2.35. The van der Waals surface area contributed by atoms with Crippen molar-refractivity contribution in [2.75, 3.05) is 0 Å². The maximum absolute atomic E-state index is 10.1. The molecule has 0 spiro atoms. The lowest BCUT2D eigenvalue weighted by molar-refractivity contribution is 0.264. The van der Waals surface area contributed by atoms with Crippen LogP contribution in [0.1, 0.15) is 23.6 Å². The Bertz CT molecular complexity index is 712. The minimum Gasteiger partial charge on any atom is -0.508 e. The molecule has 0 radical (unpaired) electrons. The van der Waals surface area contributed by atoms with E-state index in [0.717, 1.165) is 16.7 Å². The van der Waals surface area contributed by atoms with E-state index in [1.807, 2.05) is 49.4 Å². The fraction of sp³-hybridized carbons (Fsp3) is 0.111. The molecule has 106 valence electrons. The highest BCUT2D eigenvalue weighted by molar-refractivity contribution is 5.75. The maximum atomic E-state index is 10.1. The summed E-state index contributed by atoms with van der Waals surface area (Å²) < 4.78 is 5.71. The van der Waals surface area contributed by atoms with Gasteiger partial charge in [-0.05, 0) is 54.5 Å². The van der Waals surface area contributed by atoms with Crippen molar-refractivity contribution in [1.29, 1.82) is 0 Å². The van der Waals surface area contributed by atoms with Gasteiger partial charge in [0.15, 0.2) is 0 Å². The number of hydrogen-bond donors (Lipinski definition) is 2. The average molecular weight is 280 g/mol. The predicted octanol–water partition coefficient (Wildman–Crippen LogP) is 4.06. The Morgan fingerprint density at radius 2 is 1.71 bits per heavy atom. The number of phenolic OH excluding ortho intramolecular Hbond substituents is 2. The molecule has 1 aliphatic heterocycles. The summed E-state index contributed by atoms with van der Waals surface area (Å²) in [7, 11) is 0. The van der Waals surface area contributed by atoms with Crippen molar-refractivity contribution in [2.45, 2.75) is 13.0 Å². The van der Waals surface area contributed by atoms with Crippen LogP contribution in [0.3, 0.4) is 0 Å². The molecule has 0 saturated carbocycles. The van der Waals surface area contributed by atoms with Gasteiger partial charge >= 0.3 is 0 Å². The third kappa shape index (κ3) is 2.92. The lowest BCUT2D eigenvalue weighted by Crippen LogP contribution is -2.12. The smallest absolute Gasteiger partial charge is 0.131 e. The summed E-state index contributed by atoms with van der Waals surface area (Å²) in [5, 5.41) is 19.3. The van der Waals surface area contributed by atoms with E-state index in [1.165, 1.54) is 0 Å². The normalized spacial score (nSPS) is 16.7. The Morgan fingerprint density at radius 3 is 2.48 bits per heavy atom. The maximum Gasteiger partial charge on any atom is 0.131 e. The zero-order valence-electron chi connectivity index (χ0n) is 11.7. The quantitative estimate of drug-likeness (QED) is 0.815. The van der Waals surface area contributed by atoms with Gasteiger partial charge in [-0.3, -0.25) is 0 Å². The van der Waals surface area contributed by atoms with E-state index >= 15 is 0 Å². The first-order chi connectivity index (χ1) is 10.1. The van der Waals surface area contributed by atoms with Gasteiger partial charge in [-0.1, -0.05) is 24.3 Å². The van der Waals surface area contributed by atoms with Crippen LogP contribution in [0.4, 0.5) is 0 Å². The van der Waals surface area contributed by atoms with Gasteiger partial charge in [-0.25, -0.2) is 0 Å². The van der Waals surface area contributed by atoms with Crippen molar-refractivity contribution >= 4 is 18.2 Å². The van der Waals surface area contributed by atoms with Crippen LogP contribution in [-0.4, -0.2) is 16.3 Å². The van der Waals surface area contributed by atoms with Crippen LogP contribution in [0.5, 0.6) is 17.2 Å². The van der Waals surface area contributed by atoms with Crippen molar-refractivity contribution < 1.29 is 14.9 Å². The van der Waals surface area contributed by atoms with Gasteiger partial charge in [0.25, 0.3) is 0 Å². The number of rotatable bonds is 2. The van der Waals surface area contributed by atoms with Gasteiger partial charge in [0, 0.05) is 0 Å². The average Bonchev–Trinajstić information content (AvgIpc) is 2.46. The molecule has 1 aliphatic rings. The van der Waals surface area contributed by atoms with E-state index in [-0.39, 0.29) is 17.6 Å². The molecule has 2 aromatic rings. The number of aromatic hydroxyl groups is 2. The summed E-state index contributed by atoms with van der Waals surface area (Å²) in [6.07, 6.45) is 7.62. The molecule has 1 atom stereocenters. The molecule has 1 unspecified atom stereocenters. The Morgan fingerprint density at radius 1 is 1.00 bits per heavy atom. The van der Waals surface area contributed by atoms with E-state index in [9.17, 15) is 10.2 Å². The second-order valence-corrected chi connectivity index (χ2v) is 5.06. The van der Waals surface area contributed by atoms with Crippen LogP contribution < -0.4 is 4.74 Å². The molecule has 0 fully saturated rings. The third-order valence-electron chi connectivity index (χ3n) is 3.35. The van der Waals surface area contributed by atoms with Crippen LogP contribution >= 0.6 is 0 Å². The van der Waals surface area contributed by atoms with Gasteiger partial charge < -0.3 is 14.9 Å². The molecular weight excluding hydrogens is 264 g/mol. The lowest BCUT2D eigenvalue weighted by Gasteiger charge is -2.19. The zero-order chi connectivity index (χ0) is 14.8. The van der Waals surface area contributed by atoms with Gasteiger partial charge in [0.1, 0.15) is 23.4 Å². The van der Waals surface area contributed by atoms with E-state index in [0.29, 0.717) is 5.75 Å². The monoisotopic (exact) mass is 280 g/mol. The fourth-order valence-electron chi connectivity index (χ4n) is 2.24. The summed E-state index contributed by atoms with van der Waals surface area (Å²) in [5.74, 6) is 1.14. The number of phenols is 2.